The minimum Gasteiger partial charge on any atom is -0.444 e. The van der Waals surface area contributed by atoms with Crippen molar-refractivity contribution in [2.45, 2.75) is 32.9 Å². The fourth-order valence-electron chi connectivity index (χ4n) is 1.63. The Hall–Kier alpha value is -2.13. The molecule has 0 atom stereocenters. The number of rotatable bonds is 6. The predicted molar refractivity (Wildman–Crippen MR) is 76.4 cm³/mol. The second-order valence-electron chi connectivity index (χ2n) is 5.60. The average molecular weight is 314 g/mol. The van der Waals surface area contributed by atoms with Crippen LogP contribution in [0.25, 0.3) is 0 Å². The lowest BCUT2D eigenvalue weighted by Crippen LogP contribution is -2.40. The first-order chi connectivity index (χ1) is 10.3. The molecule has 0 radical (unpaired) electrons. The molecule has 1 aromatic heterocycles. The minimum absolute atomic E-state index is 0.0634. The van der Waals surface area contributed by atoms with Crippen LogP contribution in [0.4, 0.5) is 4.79 Å². The van der Waals surface area contributed by atoms with E-state index in [9.17, 15) is 9.59 Å². The zero-order valence-electron chi connectivity index (χ0n) is 12.9. The van der Waals surface area contributed by atoms with Crippen LogP contribution in [-0.2, 0) is 11.3 Å². The molecule has 0 saturated carbocycles. The van der Waals surface area contributed by atoms with Crippen LogP contribution in [0.1, 0.15) is 31.3 Å². The van der Waals surface area contributed by atoms with Crippen LogP contribution in [0.3, 0.4) is 0 Å². The van der Waals surface area contributed by atoms with E-state index in [1.807, 2.05) is 0 Å². The second-order valence-corrected chi connectivity index (χ2v) is 5.60. The van der Waals surface area contributed by atoms with E-state index in [1.54, 1.807) is 27.0 Å². The molecular formula is C13H22N4O5. The number of aliphatic hydroxyl groups excluding tert-OH is 1. The van der Waals surface area contributed by atoms with Gasteiger partial charge in [-0.1, -0.05) is 0 Å². The summed E-state index contributed by atoms with van der Waals surface area (Å²) in [5, 5.41) is 21.5. The number of hydroxylamine groups is 1. The zero-order chi connectivity index (χ0) is 16.8. The van der Waals surface area contributed by atoms with Gasteiger partial charge in [0.05, 0.1) is 13.2 Å². The summed E-state index contributed by atoms with van der Waals surface area (Å²) < 4.78 is 6.71. The Balaban J connectivity index is 2.62. The number of hydrogen-bond donors (Lipinski definition) is 3. The van der Waals surface area contributed by atoms with Gasteiger partial charge in [-0.2, -0.15) is 5.10 Å². The molecule has 0 aliphatic carbocycles. The number of nitrogens with one attached hydrogen (secondary N) is 1. The lowest BCUT2D eigenvalue weighted by molar-refractivity contribution is 0.0210. The maximum Gasteiger partial charge on any atom is 0.410 e. The quantitative estimate of drug-likeness (QED) is 0.511. The normalized spacial score (nSPS) is 11.1. The summed E-state index contributed by atoms with van der Waals surface area (Å²) in [5.41, 5.74) is 0.933. The number of amides is 2. The van der Waals surface area contributed by atoms with Crippen molar-refractivity contribution in [1.29, 1.82) is 0 Å². The highest BCUT2D eigenvalue weighted by Crippen LogP contribution is 2.10. The van der Waals surface area contributed by atoms with Gasteiger partial charge in [0, 0.05) is 19.3 Å². The summed E-state index contributed by atoms with van der Waals surface area (Å²) in [7, 11) is 0. The Morgan fingerprint density at radius 3 is 2.64 bits per heavy atom. The van der Waals surface area contributed by atoms with Crippen molar-refractivity contribution in [1.82, 2.24) is 20.2 Å². The zero-order valence-corrected chi connectivity index (χ0v) is 12.9. The summed E-state index contributed by atoms with van der Waals surface area (Å²) >= 11 is 0. The van der Waals surface area contributed by atoms with Gasteiger partial charge in [-0.05, 0) is 26.8 Å². The van der Waals surface area contributed by atoms with Crippen LogP contribution in [0.15, 0.2) is 12.3 Å². The number of aliphatic hydroxyl groups is 1. The Morgan fingerprint density at radius 2 is 2.09 bits per heavy atom. The maximum absolute atomic E-state index is 12.0. The molecule has 0 fully saturated rings. The Kier molecular flexibility index (Phi) is 6.32. The van der Waals surface area contributed by atoms with Gasteiger partial charge in [-0.25, -0.2) is 10.3 Å². The molecule has 3 N–H and O–H groups in total. The largest absolute Gasteiger partial charge is 0.444 e. The van der Waals surface area contributed by atoms with Crippen molar-refractivity contribution in [2.24, 2.45) is 0 Å². The molecular weight excluding hydrogens is 292 g/mol. The fraction of sp³-hybridized carbons (Fsp3) is 0.615. The van der Waals surface area contributed by atoms with Crippen LogP contribution in [-0.4, -0.2) is 62.3 Å². The first-order valence-corrected chi connectivity index (χ1v) is 6.83. The number of ether oxygens (including phenoxy) is 1. The first-order valence-electron chi connectivity index (χ1n) is 6.83. The van der Waals surface area contributed by atoms with Crippen LogP contribution >= 0.6 is 0 Å². The molecule has 124 valence electrons. The molecule has 0 aliphatic heterocycles. The summed E-state index contributed by atoms with van der Waals surface area (Å²) in [6, 6.07) is 1.44. The van der Waals surface area contributed by atoms with Gasteiger partial charge >= 0.3 is 6.09 Å². The van der Waals surface area contributed by atoms with Gasteiger partial charge in [0.1, 0.15) is 5.60 Å². The summed E-state index contributed by atoms with van der Waals surface area (Å²) in [6.07, 6.45) is 1.03. The van der Waals surface area contributed by atoms with Crippen molar-refractivity contribution in [3.8, 4) is 0 Å². The van der Waals surface area contributed by atoms with E-state index < -0.39 is 17.6 Å². The molecule has 9 nitrogen and oxygen atoms in total. The fourth-order valence-corrected chi connectivity index (χ4v) is 1.63. The van der Waals surface area contributed by atoms with Crippen LogP contribution in [0.2, 0.25) is 0 Å². The smallest absolute Gasteiger partial charge is 0.410 e. The van der Waals surface area contributed by atoms with Crippen molar-refractivity contribution in [3.63, 3.8) is 0 Å². The van der Waals surface area contributed by atoms with E-state index in [1.165, 1.54) is 21.1 Å². The van der Waals surface area contributed by atoms with Crippen LogP contribution in [0.5, 0.6) is 0 Å². The third kappa shape index (κ3) is 5.70. The third-order valence-corrected chi connectivity index (χ3v) is 2.60. The number of carbonyl (C=O) groups excluding carboxylic acids is 2. The molecule has 1 heterocycles. The van der Waals surface area contributed by atoms with Gasteiger partial charge < -0.3 is 14.7 Å². The summed E-state index contributed by atoms with van der Waals surface area (Å²) in [4.78, 5) is 24.5. The van der Waals surface area contributed by atoms with Crippen molar-refractivity contribution < 1.29 is 24.6 Å². The van der Waals surface area contributed by atoms with Crippen LogP contribution in [0, 0.1) is 0 Å². The van der Waals surface area contributed by atoms with Gasteiger partial charge in [0.15, 0.2) is 5.69 Å². The van der Waals surface area contributed by atoms with E-state index in [0.717, 1.165) is 0 Å². The SMILES string of the molecule is CC(C)(C)OC(=O)N(CCO)CCn1ccc(C(=O)NO)n1. The molecule has 0 aromatic carbocycles. The molecule has 1 rings (SSSR count). The highest BCUT2D eigenvalue weighted by Gasteiger charge is 2.21. The van der Waals surface area contributed by atoms with Crippen molar-refractivity contribution in [3.05, 3.63) is 18.0 Å². The van der Waals surface area contributed by atoms with Crippen molar-refractivity contribution >= 4 is 12.0 Å². The molecule has 0 aliphatic rings. The van der Waals surface area contributed by atoms with E-state index in [0.29, 0.717) is 6.54 Å². The molecule has 9 heteroatoms. The molecule has 0 bridgehead atoms. The van der Waals surface area contributed by atoms with Gasteiger partial charge in [-0.3, -0.25) is 14.7 Å². The Morgan fingerprint density at radius 1 is 1.41 bits per heavy atom. The maximum atomic E-state index is 12.0. The van der Waals surface area contributed by atoms with E-state index >= 15 is 0 Å². The third-order valence-electron chi connectivity index (χ3n) is 2.60. The summed E-state index contributed by atoms with van der Waals surface area (Å²) in [5.74, 6) is -0.710. The highest BCUT2D eigenvalue weighted by atomic mass is 16.6. The molecule has 1 aromatic rings. The lowest BCUT2D eigenvalue weighted by Gasteiger charge is -2.26. The monoisotopic (exact) mass is 314 g/mol. The summed E-state index contributed by atoms with van der Waals surface area (Å²) in [6.45, 7) is 5.81. The van der Waals surface area contributed by atoms with Gasteiger partial charge in [0.25, 0.3) is 5.91 Å². The number of nitrogens with zero attached hydrogens (tertiary/aromatic N) is 3. The first kappa shape index (κ1) is 17.9. The Labute approximate surface area is 128 Å². The number of hydrogen-bond acceptors (Lipinski definition) is 6. The number of carbonyl (C=O) groups is 2. The average Bonchev–Trinajstić information content (AvgIpc) is 2.89. The molecule has 0 spiro atoms. The highest BCUT2D eigenvalue weighted by molar-refractivity contribution is 5.91. The standard InChI is InChI=1S/C13H22N4O5/c1-13(2,3)22-12(20)16(8-9-18)6-7-17-5-4-10(14-17)11(19)15-21/h4-5,18,21H,6-9H2,1-3H3,(H,15,19). The minimum atomic E-state index is -0.710. The van der Waals surface area contributed by atoms with Gasteiger partial charge in [-0.15, -0.1) is 0 Å². The molecule has 2 amide bonds. The second kappa shape index (κ2) is 7.76. The molecule has 0 saturated heterocycles. The number of aromatic nitrogens is 2. The van der Waals surface area contributed by atoms with E-state index in [-0.39, 0.29) is 25.4 Å². The molecule has 0 unspecified atom stereocenters. The molecule has 22 heavy (non-hydrogen) atoms. The Bertz CT molecular complexity index is 509. The lowest BCUT2D eigenvalue weighted by atomic mass is 10.2. The van der Waals surface area contributed by atoms with Crippen molar-refractivity contribution in [2.75, 3.05) is 19.7 Å². The predicted octanol–water partition coefficient (Wildman–Crippen LogP) is 0.231. The van der Waals surface area contributed by atoms with E-state index in [4.69, 9.17) is 15.1 Å². The van der Waals surface area contributed by atoms with E-state index in [2.05, 4.69) is 5.10 Å². The van der Waals surface area contributed by atoms with Crippen LogP contribution < -0.4 is 5.48 Å². The van der Waals surface area contributed by atoms with Gasteiger partial charge in [0.2, 0.25) is 0 Å². The topological polar surface area (TPSA) is 117 Å².